The Morgan fingerprint density at radius 3 is 2.94 bits per heavy atom. The number of likely N-dealkylation sites (N-methyl/N-ethyl adjacent to an activating group) is 1. The first-order valence-corrected chi connectivity index (χ1v) is 6.10. The minimum atomic E-state index is 0.511. The third kappa shape index (κ3) is 2.95. The summed E-state index contributed by atoms with van der Waals surface area (Å²) in [5.41, 5.74) is 1.44. The first kappa shape index (κ1) is 11.9. The predicted molar refractivity (Wildman–Crippen MR) is 67.9 cm³/mol. The molecule has 0 atom stereocenters. The van der Waals surface area contributed by atoms with Crippen molar-refractivity contribution >= 4 is 5.69 Å². The normalized spacial score (nSPS) is 15.8. The fourth-order valence-corrected chi connectivity index (χ4v) is 2.21. The Kier molecular flexibility index (Phi) is 3.94. The van der Waals surface area contributed by atoms with Crippen LogP contribution in [-0.4, -0.2) is 43.1 Å². The highest BCUT2D eigenvalue weighted by atomic mass is 15.2. The highest BCUT2D eigenvalue weighted by molar-refractivity contribution is 5.54. The van der Waals surface area contributed by atoms with Gasteiger partial charge in [-0.2, -0.15) is 5.26 Å². The van der Waals surface area contributed by atoms with Gasteiger partial charge in [0, 0.05) is 26.3 Å². The monoisotopic (exact) mass is 230 g/mol. The van der Waals surface area contributed by atoms with Gasteiger partial charge in [0.05, 0.1) is 5.69 Å². The first-order chi connectivity index (χ1) is 8.31. The molecule has 1 fully saturated rings. The van der Waals surface area contributed by atoms with Gasteiger partial charge in [0.1, 0.15) is 6.07 Å². The summed E-state index contributed by atoms with van der Waals surface area (Å²) in [7, 11) is 2.02. The lowest BCUT2D eigenvalue weighted by atomic mass is 10.3. The van der Waals surface area contributed by atoms with Crippen LogP contribution in [0.5, 0.6) is 0 Å². The minimum Gasteiger partial charge on any atom is -0.371 e. The van der Waals surface area contributed by atoms with Gasteiger partial charge < -0.3 is 9.80 Å². The van der Waals surface area contributed by atoms with E-state index in [2.05, 4.69) is 20.9 Å². The Hall–Kier alpha value is -1.60. The number of hydrogen-bond acceptors (Lipinski definition) is 4. The van der Waals surface area contributed by atoms with Crippen molar-refractivity contribution in [3.8, 4) is 6.07 Å². The van der Waals surface area contributed by atoms with Crippen LogP contribution in [0.2, 0.25) is 0 Å². The quantitative estimate of drug-likeness (QED) is 0.786. The lowest BCUT2D eigenvalue weighted by Crippen LogP contribution is -2.31. The standard InChI is InChI=1S/C13H18N4/c1-16(9-10-17-7-2-3-8-17)13-5-4-6-15-12(13)11-14/h4-6H,2-3,7-10H2,1H3. The largest absolute Gasteiger partial charge is 0.371 e. The molecule has 4 nitrogen and oxygen atoms in total. The molecule has 0 aromatic carbocycles. The number of likely N-dealkylation sites (tertiary alicyclic amines) is 1. The topological polar surface area (TPSA) is 43.2 Å². The van der Waals surface area contributed by atoms with Crippen molar-refractivity contribution < 1.29 is 0 Å². The van der Waals surface area contributed by atoms with Crippen LogP contribution in [0.15, 0.2) is 18.3 Å². The van der Waals surface area contributed by atoms with E-state index in [1.165, 1.54) is 25.9 Å². The number of pyridine rings is 1. The summed E-state index contributed by atoms with van der Waals surface area (Å²) >= 11 is 0. The fourth-order valence-electron chi connectivity index (χ4n) is 2.21. The van der Waals surface area contributed by atoms with Crippen LogP contribution in [0, 0.1) is 11.3 Å². The molecule has 2 heterocycles. The molecule has 0 radical (unpaired) electrons. The lowest BCUT2D eigenvalue weighted by Gasteiger charge is -2.23. The van der Waals surface area contributed by atoms with Crippen LogP contribution in [0.1, 0.15) is 18.5 Å². The van der Waals surface area contributed by atoms with Gasteiger partial charge in [-0.25, -0.2) is 4.98 Å². The second-order valence-corrected chi connectivity index (χ2v) is 4.45. The molecule has 1 aromatic rings. The van der Waals surface area contributed by atoms with Gasteiger partial charge in [0.25, 0.3) is 0 Å². The van der Waals surface area contributed by atoms with Crippen LogP contribution in [0.3, 0.4) is 0 Å². The fraction of sp³-hybridized carbons (Fsp3) is 0.538. The number of nitrogens with zero attached hydrogens (tertiary/aromatic N) is 4. The Labute approximate surface area is 102 Å². The Morgan fingerprint density at radius 2 is 2.24 bits per heavy atom. The van der Waals surface area contributed by atoms with E-state index in [0.29, 0.717) is 5.69 Å². The summed E-state index contributed by atoms with van der Waals surface area (Å²) in [5.74, 6) is 0. The molecule has 1 aliphatic heterocycles. The molecule has 0 unspecified atom stereocenters. The number of nitriles is 1. The molecule has 0 N–H and O–H groups in total. The molecular weight excluding hydrogens is 212 g/mol. The molecular formula is C13H18N4. The van der Waals surface area contributed by atoms with Gasteiger partial charge >= 0.3 is 0 Å². The van der Waals surface area contributed by atoms with E-state index in [9.17, 15) is 0 Å². The third-order valence-electron chi connectivity index (χ3n) is 3.25. The Morgan fingerprint density at radius 1 is 1.47 bits per heavy atom. The molecule has 4 heteroatoms. The average Bonchev–Trinajstić information content (AvgIpc) is 2.89. The van der Waals surface area contributed by atoms with E-state index in [1.807, 2.05) is 19.2 Å². The maximum Gasteiger partial charge on any atom is 0.163 e. The van der Waals surface area contributed by atoms with Crippen molar-refractivity contribution in [3.63, 3.8) is 0 Å². The van der Waals surface area contributed by atoms with E-state index >= 15 is 0 Å². The van der Waals surface area contributed by atoms with E-state index in [1.54, 1.807) is 6.20 Å². The summed E-state index contributed by atoms with van der Waals surface area (Å²) < 4.78 is 0. The van der Waals surface area contributed by atoms with E-state index in [4.69, 9.17) is 5.26 Å². The summed E-state index contributed by atoms with van der Waals surface area (Å²) in [6, 6.07) is 5.97. The molecule has 90 valence electrons. The van der Waals surface area contributed by atoms with Crippen molar-refractivity contribution in [2.75, 3.05) is 38.1 Å². The van der Waals surface area contributed by atoms with E-state index < -0.39 is 0 Å². The maximum atomic E-state index is 9.00. The van der Waals surface area contributed by atoms with Crippen molar-refractivity contribution in [2.45, 2.75) is 12.8 Å². The zero-order valence-corrected chi connectivity index (χ0v) is 10.3. The van der Waals surface area contributed by atoms with Gasteiger partial charge in [-0.3, -0.25) is 0 Å². The van der Waals surface area contributed by atoms with Crippen LogP contribution >= 0.6 is 0 Å². The molecule has 0 amide bonds. The van der Waals surface area contributed by atoms with Gasteiger partial charge in [-0.05, 0) is 38.1 Å². The highest BCUT2D eigenvalue weighted by Crippen LogP contribution is 2.16. The number of anilines is 1. The van der Waals surface area contributed by atoms with Crippen LogP contribution in [-0.2, 0) is 0 Å². The predicted octanol–water partition coefficient (Wildman–Crippen LogP) is 1.49. The third-order valence-corrected chi connectivity index (χ3v) is 3.25. The maximum absolute atomic E-state index is 9.00. The molecule has 0 saturated carbocycles. The van der Waals surface area contributed by atoms with E-state index in [0.717, 1.165) is 18.8 Å². The van der Waals surface area contributed by atoms with Crippen LogP contribution in [0.25, 0.3) is 0 Å². The number of rotatable bonds is 4. The molecule has 0 bridgehead atoms. The zero-order valence-electron chi connectivity index (χ0n) is 10.3. The molecule has 17 heavy (non-hydrogen) atoms. The van der Waals surface area contributed by atoms with Gasteiger partial charge in [0.15, 0.2) is 5.69 Å². The van der Waals surface area contributed by atoms with Crippen LogP contribution in [0.4, 0.5) is 5.69 Å². The van der Waals surface area contributed by atoms with Gasteiger partial charge in [0.2, 0.25) is 0 Å². The second-order valence-electron chi connectivity index (χ2n) is 4.45. The molecule has 1 saturated heterocycles. The molecule has 1 aromatic heterocycles. The molecule has 2 rings (SSSR count). The molecule has 0 spiro atoms. The molecule has 0 aliphatic carbocycles. The van der Waals surface area contributed by atoms with Crippen molar-refractivity contribution in [3.05, 3.63) is 24.0 Å². The van der Waals surface area contributed by atoms with Crippen molar-refractivity contribution in [1.82, 2.24) is 9.88 Å². The molecule has 1 aliphatic rings. The first-order valence-electron chi connectivity index (χ1n) is 6.10. The second kappa shape index (κ2) is 5.65. The highest BCUT2D eigenvalue weighted by Gasteiger charge is 2.13. The number of hydrogen-bond donors (Lipinski definition) is 0. The average molecular weight is 230 g/mol. The number of aromatic nitrogens is 1. The van der Waals surface area contributed by atoms with Crippen LogP contribution < -0.4 is 4.90 Å². The van der Waals surface area contributed by atoms with Crippen molar-refractivity contribution in [1.29, 1.82) is 5.26 Å². The van der Waals surface area contributed by atoms with Crippen molar-refractivity contribution in [2.24, 2.45) is 0 Å². The van der Waals surface area contributed by atoms with Gasteiger partial charge in [-0.15, -0.1) is 0 Å². The Bertz CT molecular complexity index is 404. The Balaban J connectivity index is 1.94. The smallest absolute Gasteiger partial charge is 0.163 e. The van der Waals surface area contributed by atoms with E-state index in [-0.39, 0.29) is 0 Å². The zero-order chi connectivity index (χ0) is 12.1. The SMILES string of the molecule is CN(CCN1CCCC1)c1cccnc1C#N. The summed E-state index contributed by atoms with van der Waals surface area (Å²) in [6.07, 6.45) is 4.30. The summed E-state index contributed by atoms with van der Waals surface area (Å²) in [5, 5.41) is 9.00. The summed E-state index contributed by atoms with van der Waals surface area (Å²) in [6.45, 7) is 4.44. The summed E-state index contributed by atoms with van der Waals surface area (Å²) in [4.78, 5) is 8.67. The van der Waals surface area contributed by atoms with Gasteiger partial charge in [-0.1, -0.05) is 0 Å². The lowest BCUT2D eigenvalue weighted by molar-refractivity contribution is 0.346. The minimum absolute atomic E-state index is 0.511.